The van der Waals surface area contributed by atoms with E-state index in [1.165, 1.54) is 0 Å². The first-order valence-electron chi connectivity index (χ1n) is 5.16. The molecule has 0 aromatic carbocycles. The van der Waals surface area contributed by atoms with Crippen molar-refractivity contribution in [2.45, 2.75) is 45.6 Å². The van der Waals surface area contributed by atoms with E-state index in [4.69, 9.17) is 9.57 Å². The van der Waals surface area contributed by atoms with Crippen LogP contribution in [0.25, 0.3) is 0 Å². The van der Waals surface area contributed by atoms with E-state index in [0.29, 0.717) is 6.04 Å². The Kier molecular flexibility index (Phi) is 3.89. The summed E-state index contributed by atoms with van der Waals surface area (Å²) >= 11 is 0. The number of methoxy groups -OCH3 is 1. The number of nitrogens with one attached hydrogen (secondary N) is 1. The van der Waals surface area contributed by atoms with Crippen molar-refractivity contribution in [3.8, 4) is 0 Å². The lowest BCUT2D eigenvalue weighted by Crippen LogP contribution is -2.58. The molecule has 0 aromatic rings. The van der Waals surface area contributed by atoms with E-state index in [1.54, 1.807) is 7.11 Å². The maximum absolute atomic E-state index is 5.82. The van der Waals surface area contributed by atoms with Gasteiger partial charge in [-0.05, 0) is 27.7 Å². The van der Waals surface area contributed by atoms with Crippen molar-refractivity contribution in [3.63, 3.8) is 0 Å². The smallest absolute Gasteiger partial charge is 0.147 e. The Hall–Kier alpha value is -0.160. The van der Waals surface area contributed by atoms with E-state index in [-0.39, 0.29) is 11.8 Å². The Morgan fingerprint density at radius 1 is 1.36 bits per heavy atom. The van der Waals surface area contributed by atoms with Gasteiger partial charge in [0.25, 0.3) is 0 Å². The Balaban J connectivity index is 2.56. The summed E-state index contributed by atoms with van der Waals surface area (Å²) in [6, 6.07) is 0.302. The molecule has 0 amide bonds. The second-order valence-electron chi connectivity index (χ2n) is 4.71. The lowest BCUT2D eigenvalue weighted by atomic mass is 10.2. The van der Waals surface area contributed by atoms with Crippen LogP contribution in [0.3, 0.4) is 0 Å². The van der Waals surface area contributed by atoms with Crippen LogP contribution in [-0.4, -0.2) is 43.1 Å². The molecule has 0 bridgehead atoms. The standard InChI is InChI=1S/C10H22N2O2/c1-8-9(13-5)12(7-6-11-8)14-10(2,3)4/h8-9,11H,6-7H2,1-5H3. The van der Waals surface area contributed by atoms with Gasteiger partial charge in [0.15, 0.2) is 0 Å². The molecule has 4 heteroatoms. The number of piperazine rings is 1. The zero-order chi connectivity index (χ0) is 10.8. The lowest BCUT2D eigenvalue weighted by molar-refractivity contribution is -0.305. The molecular formula is C10H22N2O2. The minimum atomic E-state index is -0.159. The molecule has 1 aliphatic rings. The molecule has 0 spiro atoms. The van der Waals surface area contributed by atoms with E-state index in [2.05, 4.69) is 12.2 Å². The molecule has 4 nitrogen and oxygen atoms in total. The van der Waals surface area contributed by atoms with E-state index in [1.807, 2.05) is 25.8 Å². The molecule has 0 radical (unpaired) electrons. The number of nitrogens with zero attached hydrogens (tertiary/aromatic N) is 1. The fourth-order valence-electron chi connectivity index (χ4n) is 1.65. The third kappa shape index (κ3) is 3.20. The molecule has 2 atom stereocenters. The van der Waals surface area contributed by atoms with Crippen molar-refractivity contribution in [1.29, 1.82) is 0 Å². The van der Waals surface area contributed by atoms with Crippen LogP contribution in [0.4, 0.5) is 0 Å². The molecule has 0 aromatic heterocycles. The largest absolute Gasteiger partial charge is 0.363 e. The van der Waals surface area contributed by atoms with E-state index in [9.17, 15) is 0 Å². The summed E-state index contributed by atoms with van der Waals surface area (Å²) in [5, 5.41) is 5.28. The second-order valence-corrected chi connectivity index (χ2v) is 4.71. The number of ether oxygens (including phenoxy) is 1. The monoisotopic (exact) mass is 202 g/mol. The molecule has 84 valence electrons. The van der Waals surface area contributed by atoms with Crippen LogP contribution >= 0.6 is 0 Å². The van der Waals surface area contributed by atoms with Crippen molar-refractivity contribution < 1.29 is 9.57 Å². The van der Waals surface area contributed by atoms with Crippen molar-refractivity contribution in [2.24, 2.45) is 0 Å². The Bertz CT molecular complexity index is 179. The summed E-state index contributed by atoms with van der Waals surface area (Å²) < 4.78 is 5.40. The molecule has 0 saturated carbocycles. The van der Waals surface area contributed by atoms with Crippen molar-refractivity contribution in [1.82, 2.24) is 10.4 Å². The number of hydrogen-bond acceptors (Lipinski definition) is 4. The molecule has 1 rings (SSSR count). The molecule has 1 fully saturated rings. The van der Waals surface area contributed by atoms with Gasteiger partial charge in [-0.15, -0.1) is 0 Å². The third-order valence-electron chi connectivity index (χ3n) is 2.14. The van der Waals surface area contributed by atoms with Gasteiger partial charge in [0, 0.05) is 26.2 Å². The van der Waals surface area contributed by atoms with Gasteiger partial charge in [0.2, 0.25) is 0 Å². The summed E-state index contributed by atoms with van der Waals surface area (Å²) in [5.41, 5.74) is -0.159. The highest BCUT2D eigenvalue weighted by Crippen LogP contribution is 2.17. The predicted octanol–water partition coefficient (Wildman–Crippen LogP) is 0.983. The van der Waals surface area contributed by atoms with Crippen molar-refractivity contribution in [2.75, 3.05) is 20.2 Å². The average molecular weight is 202 g/mol. The van der Waals surface area contributed by atoms with E-state index in [0.717, 1.165) is 13.1 Å². The summed E-state index contributed by atoms with van der Waals surface area (Å²) in [5.74, 6) is 0. The molecule has 1 N–H and O–H groups in total. The molecular weight excluding hydrogens is 180 g/mol. The maximum Gasteiger partial charge on any atom is 0.147 e. The van der Waals surface area contributed by atoms with Crippen molar-refractivity contribution >= 4 is 0 Å². The zero-order valence-electron chi connectivity index (χ0n) is 9.83. The quantitative estimate of drug-likeness (QED) is 0.724. The van der Waals surface area contributed by atoms with Crippen LogP contribution in [0.15, 0.2) is 0 Å². The molecule has 1 heterocycles. The van der Waals surface area contributed by atoms with Gasteiger partial charge in [-0.1, -0.05) is 0 Å². The molecule has 1 saturated heterocycles. The topological polar surface area (TPSA) is 33.7 Å². The van der Waals surface area contributed by atoms with Crippen LogP contribution in [0.2, 0.25) is 0 Å². The van der Waals surface area contributed by atoms with Crippen LogP contribution in [0.1, 0.15) is 27.7 Å². The van der Waals surface area contributed by atoms with Crippen LogP contribution in [0.5, 0.6) is 0 Å². The number of rotatable bonds is 2. The fourth-order valence-corrected chi connectivity index (χ4v) is 1.65. The minimum Gasteiger partial charge on any atom is -0.363 e. The SMILES string of the molecule is COC1C(C)NCCN1OC(C)(C)C. The Morgan fingerprint density at radius 2 is 2.00 bits per heavy atom. The first-order valence-corrected chi connectivity index (χ1v) is 5.16. The Labute approximate surface area is 86.5 Å². The minimum absolute atomic E-state index is 0.00275. The van der Waals surface area contributed by atoms with Gasteiger partial charge in [0.05, 0.1) is 5.60 Å². The van der Waals surface area contributed by atoms with Gasteiger partial charge in [-0.3, -0.25) is 4.84 Å². The highest BCUT2D eigenvalue weighted by atomic mass is 16.7. The molecule has 1 aliphatic heterocycles. The summed E-state index contributed by atoms with van der Waals surface area (Å²) in [6.07, 6.45) is 0.00275. The second kappa shape index (κ2) is 4.57. The summed E-state index contributed by atoms with van der Waals surface area (Å²) in [4.78, 5) is 5.82. The number of hydrogen-bond donors (Lipinski definition) is 1. The fraction of sp³-hybridized carbons (Fsp3) is 1.00. The average Bonchev–Trinajstić information content (AvgIpc) is 2.01. The van der Waals surface area contributed by atoms with E-state index < -0.39 is 0 Å². The summed E-state index contributed by atoms with van der Waals surface area (Å²) in [6.45, 7) is 10.1. The van der Waals surface area contributed by atoms with Crippen LogP contribution in [0, 0.1) is 0 Å². The third-order valence-corrected chi connectivity index (χ3v) is 2.14. The normalized spacial score (nSPS) is 30.6. The first-order chi connectivity index (χ1) is 6.44. The predicted molar refractivity (Wildman–Crippen MR) is 55.8 cm³/mol. The molecule has 14 heavy (non-hydrogen) atoms. The summed E-state index contributed by atoms with van der Waals surface area (Å²) in [7, 11) is 1.72. The van der Waals surface area contributed by atoms with E-state index >= 15 is 0 Å². The Morgan fingerprint density at radius 3 is 2.50 bits per heavy atom. The van der Waals surface area contributed by atoms with Crippen molar-refractivity contribution in [3.05, 3.63) is 0 Å². The highest BCUT2D eigenvalue weighted by molar-refractivity contribution is 4.77. The van der Waals surface area contributed by atoms with Gasteiger partial charge in [-0.25, -0.2) is 0 Å². The van der Waals surface area contributed by atoms with Crippen LogP contribution in [-0.2, 0) is 9.57 Å². The van der Waals surface area contributed by atoms with Crippen LogP contribution < -0.4 is 5.32 Å². The molecule has 2 unspecified atom stereocenters. The highest BCUT2D eigenvalue weighted by Gasteiger charge is 2.31. The first kappa shape index (κ1) is 11.9. The van der Waals surface area contributed by atoms with Gasteiger partial charge in [-0.2, -0.15) is 5.06 Å². The molecule has 0 aliphatic carbocycles. The van der Waals surface area contributed by atoms with Gasteiger partial charge >= 0.3 is 0 Å². The zero-order valence-corrected chi connectivity index (χ0v) is 9.83. The number of hydroxylamine groups is 2. The van der Waals surface area contributed by atoms with Gasteiger partial charge < -0.3 is 10.1 Å². The van der Waals surface area contributed by atoms with Gasteiger partial charge in [0.1, 0.15) is 6.23 Å². The maximum atomic E-state index is 5.82. The lowest BCUT2D eigenvalue weighted by Gasteiger charge is -2.41.